The number of hydrogen-bond donors (Lipinski definition) is 0. The Bertz CT molecular complexity index is 860. The molecule has 1 aliphatic carbocycles. The van der Waals surface area contributed by atoms with Gasteiger partial charge in [-0.3, -0.25) is 9.59 Å². The van der Waals surface area contributed by atoms with Crippen LogP contribution in [0.1, 0.15) is 40.0 Å². The highest BCUT2D eigenvalue weighted by molar-refractivity contribution is 6.30. The predicted octanol–water partition coefficient (Wildman–Crippen LogP) is 3.14. The van der Waals surface area contributed by atoms with Crippen LogP contribution in [-0.4, -0.2) is 10.4 Å². The van der Waals surface area contributed by atoms with E-state index in [1.54, 1.807) is 30.3 Å². The van der Waals surface area contributed by atoms with E-state index in [1.807, 2.05) is 6.07 Å². The Morgan fingerprint density at radius 2 is 1.91 bits per heavy atom. The molecule has 5 heteroatoms. The van der Waals surface area contributed by atoms with Gasteiger partial charge in [0, 0.05) is 16.3 Å². The van der Waals surface area contributed by atoms with Crippen LogP contribution < -0.4 is 5.56 Å². The maximum Gasteiger partial charge on any atom is 0.269 e. The molecule has 0 saturated heterocycles. The van der Waals surface area contributed by atoms with Crippen molar-refractivity contribution in [3.05, 3.63) is 68.1 Å². The summed E-state index contributed by atoms with van der Waals surface area (Å²) < 4.78 is 1.48. The fourth-order valence-corrected chi connectivity index (χ4v) is 3.12. The van der Waals surface area contributed by atoms with Gasteiger partial charge in [-0.2, -0.15) is 5.26 Å². The largest absolute Gasteiger partial charge is 0.303 e. The number of pyridine rings is 1. The van der Waals surface area contributed by atoms with E-state index in [9.17, 15) is 9.59 Å². The summed E-state index contributed by atoms with van der Waals surface area (Å²) in [5.74, 6) is -0.161. The molecule has 1 aromatic carbocycles. The van der Waals surface area contributed by atoms with E-state index < -0.39 is 0 Å². The zero-order valence-corrected chi connectivity index (χ0v) is 13.3. The van der Waals surface area contributed by atoms with E-state index in [1.165, 1.54) is 4.57 Å². The highest BCUT2D eigenvalue weighted by Gasteiger charge is 2.19. The highest BCUT2D eigenvalue weighted by Crippen LogP contribution is 2.21. The third-order valence-corrected chi connectivity index (χ3v) is 4.44. The number of carbonyl (C=O) groups excluding carboxylic acids is 1. The number of carbonyl (C=O) groups is 1. The minimum absolute atomic E-state index is 0.0433. The molecule has 1 aromatic heterocycles. The van der Waals surface area contributed by atoms with E-state index in [4.69, 9.17) is 16.9 Å². The van der Waals surface area contributed by atoms with Gasteiger partial charge in [-0.15, -0.1) is 0 Å². The molecule has 0 atom stereocenters. The van der Waals surface area contributed by atoms with Crippen molar-refractivity contribution in [1.82, 2.24) is 4.57 Å². The first kappa shape index (κ1) is 15.5. The lowest BCUT2D eigenvalue weighted by molar-refractivity contribution is 0.0969. The molecule has 4 nitrogen and oxygen atoms in total. The normalized spacial score (nSPS) is 13.2. The molecule has 1 heterocycles. The fraction of sp³-hybridized carbons (Fsp3) is 0.278. The number of ketones is 1. The van der Waals surface area contributed by atoms with Crippen molar-refractivity contribution in [2.24, 2.45) is 0 Å². The Morgan fingerprint density at radius 3 is 2.61 bits per heavy atom. The molecule has 2 aromatic rings. The molecule has 1 aliphatic rings. The highest BCUT2D eigenvalue weighted by atomic mass is 35.5. The van der Waals surface area contributed by atoms with Gasteiger partial charge in [0.2, 0.25) is 0 Å². The van der Waals surface area contributed by atoms with Crippen molar-refractivity contribution in [3.8, 4) is 6.07 Å². The minimum atomic E-state index is -0.379. The van der Waals surface area contributed by atoms with Crippen molar-refractivity contribution in [1.29, 1.82) is 5.26 Å². The van der Waals surface area contributed by atoms with Crippen molar-refractivity contribution >= 4 is 17.4 Å². The number of nitrogens with zero attached hydrogens (tertiary/aromatic N) is 2. The van der Waals surface area contributed by atoms with Crippen LogP contribution in [0.2, 0.25) is 5.02 Å². The molecule has 0 aliphatic heterocycles. The number of nitriles is 1. The molecule has 23 heavy (non-hydrogen) atoms. The Labute approximate surface area is 138 Å². The molecule has 0 saturated carbocycles. The number of hydrogen-bond acceptors (Lipinski definition) is 3. The lowest BCUT2D eigenvalue weighted by Crippen LogP contribution is -2.31. The van der Waals surface area contributed by atoms with Crippen LogP contribution in [0.5, 0.6) is 0 Å². The van der Waals surface area contributed by atoms with Gasteiger partial charge in [0.25, 0.3) is 5.56 Å². The third-order valence-electron chi connectivity index (χ3n) is 4.19. The molecule has 0 unspecified atom stereocenters. The van der Waals surface area contributed by atoms with E-state index in [0.717, 1.165) is 36.9 Å². The van der Waals surface area contributed by atoms with Crippen LogP contribution in [0.25, 0.3) is 0 Å². The van der Waals surface area contributed by atoms with Gasteiger partial charge in [-0.1, -0.05) is 11.6 Å². The number of rotatable bonds is 3. The van der Waals surface area contributed by atoms with Crippen LogP contribution in [-0.2, 0) is 19.4 Å². The van der Waals surface area contributed by atoms with Gasteiger partial charge in [0.05, 0.1) is 6.54 Å². The monoisotopic (exact) mass is 326 g/mol. The third kappa shape index (κ3) is 3.06. The van der Waals surface area contributed by atoms with Crippen molar-refractivity contribution in [2.75, 3.05) is 0 Å². The smallest absolute Gasteiger partial charge is 0.269 e. The average Bonchev–Trinajstić information content (AvgIpc) is 2.57. The maximum absolute atomic E-state index is 12.5. The molecule has 0 fully saturated rings. The van der Waals surface area contributed by atoms with Crippen LogP contribution in [0.4, 0.5) is 0 Å². The Kier molecular flexibility index (Phi) is 4.31. The number of aryl methyl sites for hydroxylation is 1. The molecule has 3 rings (SSSR count). The Hall–Kier alpha value is -2.38. The van der Waals surface area contributed by atoms with E-state index in [2.05, 4.69) is 0 Å². The standard InChI is InChI=1S/C18H15ClN2O2/c19-15-7-5-12(6-8-15)17(22)11-21-16-4-2-1-3-13(16)9-14(10-20)18(21)23/h5-9H,1-4,11H2. The molecule has 0 amide bonds. The summed E-state index contributed by atoms with van der Waals surface area (Å²) in [7, 11) is 0. The first-order valence-electron chi connectivity index (χ1n) is 7.54. The summed E-state index contributed by atoms with van der Waals surface area (Å²) in [5, 5.41) is 9.72. The fourth-order valence-electron chi connectivity index (χ4n) is 3.00. The van der Waals surface area contributed by atoms with Gasteiger partial charge in [-0.05, 0) is 61.6 Å². The van der Waals surface area contributed by atoms with Crippen molar-refractivity contribution in [3.63, 3.8) is 0 Å². The van der Waals surface area contributed by atoms with Crippen LogP contribution >= 0.6 is 11.6 Å². The molecular formula is C18H15ClN2O2. The molecule has 0 N–H and O–H groups in total. The number of halogens is 1. The quantitative estimate of drug-likeness (QED) is 0.814. The van der Waals surface area contributed by atoms with Crippen molar-refractivity contribution < 1.29 is 4.79 Å². The maximum atomic E-state index is 12.5. The molecule has 0 spiro atoms. The summed E-state index contributed by atoms with van der Waals surface area (Å²) in [6, 6.07) is 10.2. The zero-order valence-electron chi connectivity index (χ0n) is 12.5. The molecule has 116 valence electrons. The zero-order chi connectivity index (χ0) is 16.4. The van der Waals surface area contributed by atoms with Gasteiger partial charge in [0.15, 0.2) is 5.78 Å². The number of benzene rings is 1. The topological polar surface area (TPSA) is 62.9 Å². The second-order valence-corrected chi connectivity index (χ2v) is 6.11. The summed E-state index contributed by atoms with van der Waals surface area (Å²) in [4.78, 5) is 24.9. The average molecular weight is 327 g/mol. The summed E-state index contributed by atoms with van der Waals surface area (Å²) in [6.45, 7) is -0.0433. The van der Waals surface area contributed by atoms with E-state index in [-0.39, 0.29) is 23.5 Å². The predicted molar refractivity (Wildman–Crippen MR) is 87.8 cm³/mol. The van der Waals surface area contributed by atoms with Crippen LogP contribution in [0.3, 0.4) is 0 Å². The minimum Gasteiger partial charge on any atom is -0.303 e. The van der Waals surface area contributed by atoms with Gasteiger partial charge in [0.1, 0.15) is 11.6 Å². The SMILES string of the molecule is N#Cc1cc2c(n(CC(=O)c3ccc(Cl)cc3)c1=O)CCCC2. The summed E-state index contributed by atoms with van der Waals surface area (Å²) in [5.41, 5.74) is 2.14. The van der Waals surface area contributed by atoms with E-state index in [0.29, 0.717) is 10.6 Å². The van der Waals surface area contributed by atoms with Gasteiger partial charge >= 0.3 is 0 Å². The summed E-state index contributed by atoms with van der Waals surface area (Å²) >= 11 is 5.83. The number of fused-ring (bicyclic) bond motifs is 1. The first-order valence-corrected chi connectivity index (χ1v) is 7.92. The second kappa shape index (κ2) is 6.39. The lowest BCUT2D eigenvalue weighted by Gasteiger charge is -2.21. The Balaban J connectivity index is 2.02. The lowest BCUT2D eigenvalue weighted by atomic mass is 9.94. The molecular weight excluding hydrogens is 312 g/mol. The molecule has 0 radical (unpaired) electrons. The van der Waals surface area contributed by atoms with Crippen LogP contribution in [0, 0.1) is 11.3 Å². The van der Waals surface area contributed by atoms with Gasteiger partial charge < -0.3 is 4.57 Å². The van der Waals surface area contributed by atoms with Crippen LogP contribution in [0.15, 0.2) is 35.1 Å². The molecule has 0 bridgehead atoms. The first-order chi connectivity index (χ1) is 11.1. The van der Waals surface area contributed by atoms with Crippen molar-refractivity contribution in [2.45, 2.75) is 32.2 Å². The summed E-state index contributed by atoms with van der Waals surface area (Å²) in [6.07, 6.45) is 3.65. The number of Topliss-reactive ketones (excluding diaryl/α,β-unsaturated/α-hetero) is 1. The van der Waals surface area contributed by atoms with Gasteiger partial charge in [-0.25, -0.2) is 0 Å². The van der Waals surface area contributed by atoms with E-state index >= 15 is 0 Å². The second-order valence-electron chi connectivity index (χ2n) is 5.67. The Morgan fingerprint density at radius 1 is 1.22 bits per heavy atom. The number of aromatic nitrogens is 1.